The van der Waals surface area contributed by atoms with E-state index in [4.69, 9.17) is 6.42 Å². The van der Waals surface area contributed by atoms with E-state index >= 15 is 0 Å². The minimum absolute atomic E-state index is 0.00278. The SMILES string of the molecule is [C-]#C[I-]I. The van der Waals surface area contributed by atoms with Crippen molar-refractivity contribution in [2.24, 2.45) is 0 Å². The molecule has 2 heteroatoms. The Hall–Kier alpha value is 1.02. The molecule has 0 fully saturated rings. The molecule has 0 amide bonds. The summed E-state index contributed by atoms with van der Waals surface area (Å²) in [6, 6.07) is 0. The minimum atomic E-state index is -0.00278. The molecule has 0 aromatic rings. The van der Waals surface area contributed by atoms with Gasteiger partial charge in [0.15, 0.2) is 0 Å². The van der Waals surface area contributed by atoms with Crippen molar-refractivity contribution in [3.8, 4) is 3.93 Å². The molecule has 0 atom stereocenters. The molecule has 4 heavy (non-hydrogen) atoms. The second-order valence-corrected chi connectivity index (χ2v) is 3.85. The summed E-state index contributed by atoms with van der Waals surface area (Å²) in [5.74, 6) is 0. The van der Waals surface area contributed by atoms with Gasteiger partial charge < -0.3 is 0 Å². The summed E-state index contributed by atoms with van der Waals surface area (Å²) in [4.78, 5) is 0. The van der Waals surface area contributed by atoms with Crippen LogP contribution in [0.15, 0.2) is 0 Å². The first-order chi connectivity index (χ1) is 1.91. The molecule has 0 bridgehead atoms. The van der Waals surface area contributed by atoms with Gasteiger partial charge in [-0.25, -0.2) is 0 Å². The normalized spacial score (nSPS) is 6.00. The molecule has 0 radical (unpaired) electrons. The summed E-state index contributed by atoms with van der Waals surface area (Å²) in [7, 11) is 0. The van der Waals surface area contributed by atoms with Crippen LogP contribution in [0, 0.1) is 10.4 Å². The van der Waals surface area contributed by atoms with Crippen LogP contribution < -0.4 is 17.2 Å². The van der Waals surface area contributed by atoms with Crippen molar-refractivity contribution in [3.63, 3.8) is 0 Å². The van der Waals surface area contributed by atoms with E-state index in [0.717, 1.165) is 0 Å². The first kappa shape index (κ1) is 5.02. The predicted molar refractivity (Wildman–Crippen MR) is 21.2 cm³/mol. The molecule has 0 heterocycles. The van der Waals surface area contributed by atoms with E-state index < -0.39 is 0 Å². The van der Waals surface area contributed by atoms with Crippen LogP contribution in [-0.4, -0.2) is 0 Å². The van der Waals surface area contributed by atoms with Gasteiger partial charge in [-0.15, -0.1) is 0 Å². The Balaban J connectivity index is 2.43. The molecular formula is C2I2-2. The van der Waals surface area contributed by atoms with Gasteiger partial charge in [0.1, 0.15) is 0 Å². The Morgan fingerprint density at radius 3 is 2.25 bits per heavy atom. The summed E-state index contributed by atoms with van der Waals surface area (Å²) in [5.41, 5.74) is 0. The van der Waals surface area contributed by atoms with Crippen LogP contribution in [-0.2, 0) is 0 Å². The zero-order chi connectivity index (χ0) is 3.41. The van der Waals surface area contributed by atoms with Gasteiger partial charge in [-0.05, 0) is 0 Å². The fraction of sp³-hybridized carbons (Fsp3) is 0. The third kappa shape index (κ3) is 3.02. The molecule has 0 aliphatic carbocycles. The van der Waals surface area contributed by atoms with Crippen molar-refractivity contribution in [2.45, 2.75) is 0 Å². The van der Waals surface area contributed by atoms with Crippen molar-refractivity contribution in [2.75, 3.05) is 0 Å². The van der Waals surface area contributed by atoms with Crippen LogP contribution in [0.5, 0.6) is 0 Å². The van der Waals surface area contributed by atoms with E-state index in [-0.39, 0.29) is 17.2 Å². The van der Waals surface area contributed by atoms with E-state index in [1.54, 1.807) is 0 Å². The van der Waals surface area contributed by atoms with Gasteiger partial charge >= 0.3 is 46.2 Å². The second kappa shape index (κ2) is 4.02. The summed E-state index contributed by atoms with van der Waals surface area (Å²) < 4.78 is 2.28. The van der Waals surface area contributed by atoms with Crippen LogP contribution in [0.4, 0.5) is 0 Å². The Kier molecular flexibility index (Phi) is 5.05. The van der Waals surface area contributed by atoms with Gasteiger partial charge in [-0.3, -0.25) is 0 Å². The molecule has 0 spiro atoms. The summed E-state index contributed by atoms with van der Waals surface area (Å²) in [6.07, 6.45) is 6.24. The zero-order valence-corrected chi connectivity index (χ0v) is 6.07. The molecule has 24 valence electrons. The van der Waals surface area contributed by atoms with Gasteiger partial charge in [0.05, 0.1) is 0 Å². The number of hydrogen-bond donors (Lipinski definition) is 0. The molecule has 0 unspecified atom stereocenters. The standard InChI is InChI=1S/C2I2/c1-2-4-3/q-2. The Morgan fingerprint density at radius 1 is 2.00 bits per heavy atom. The molecule has 0 aliphatic rings. The quantitative estimate of drug-likeness (QED) is 0.272. The van der Waals surface area contributed by atoms with Gasteiger partial charge in [0.25, 0.3) is 0 Å². The van der Waals surface area contributed by atoms with Crippen LogP contribution >= 0.6 is 18.6 Å². The fourth-order valence-electron chi connectivity index (χ4n) is 0. The van der Waals surface area contributed by atoms with Crippen molar-refractivity contribution in [1.82, 2.24) is 0 Å². The Labute approximate surface area is 45.8 Å². The maximum absolute atomic E-state index is 6.24. The van der Waals surface area contributed by atoms with E-state index in [9.17, 15) is 0 Å². The Bertz CT molecular complexity index is 33.8. The topological polar surface area (TPSA) is 0 Å². The van der Waals surface area contributed by atoms with E-state index in [0.29, 0.717) is 0 Å². The third-order valence-corrected chi connectivity index (χ3v) is 1.61. The average Bonchev–Trinajstić information content (AvgIpc) is 1.37. The number of hydrogen-bond acceptors (Lipinski definition) is 0. The molecule has 0 saturated carbocycles. The van der Waals surface area contributed by atoms with Crippen LogP contribution in [0.3, 0.4) is 0 Å². The van der Waals surface area contributed by atoms with E-state index in [2.05, 4.69) is 22.5 Å². The molecule has 0 saturated heterocycles. The van der Waals surface area contributed by atoms with Gasteiger partial charge in [0.2, 0.25) is 0 Å². The van der Waals surface area contributed by atoms with Gasteiger partial charge in [-0.1, -0.05) is 0 Å². The molecule has 0 aromatic heterocycles. The molecule has 0 rings (SSSR count). The predicted octanol–water partition coefficient (Wildman–Crippen LogP) is -2.03. The molecule has 0 aromatic carbocycles. The van der Waals surface area contributed by atoms with E-state index in [1.807, 2.05) is 0 Å². The monoisotopic (exact) mass is 278 g/mol. The van der Waals surface area contributed by atoms with Crippen molar-refractivity contribution in [3.05, 3.63) is 6.42 Å². The summed E-state index contributed by atoms with van der Waals surface area (Å²) in [6.45, 7) is 0. The second-order valence-electron chi connectivity index (χ2n) is 0.166. The van der Waals surface area contributed by atoms with Crippen molar-refractivity contribution >= 4 is 18.6 Å². The van der Waals surface area contributed by atoms with Gasteiger partial charge in [0, 0.05) is 0 Å². The molecule has 0 aliphatic heterocycles. The molecular weight excluding hydrogens is 278 g/mol. The van der Waals surface area contributed by atoms with Gasteiger partial charge in [-0.2, -0.15) is 0 Å². The molecule has 0 N–H and O–H groups in total. The third-order valence-electron chi connectivity index (χ3n) is 0.0357. The average molecular weight is 278 g/mol. The summed E-state index contributed by atoms with van der Waals surface area (Å²) in [5, 5.41) is 0. The van der Waals surface area contributed by atoms with Crippen LogP contribution in [0.25, 0.3) is 0 Å². The number of rotatable bonds is 0. The zero-order valence-electron chi connectivity index (χ0n) is 1.76. The first-order valence-electron chi connectivity index (χ1n) is 0.582. The van der Waals surface area contributed by atoms with Crippen molar-refractivity contribution in [1.29, 1.82) is 0 Å². The Morgan fingerprint density at radius 2 is 2.25 bits per heavy atom. The van der Waals surface area contributed by atoms with Crippen LogP contribution in [0.2, 0.25) is 0 Å². The van der Waals surface area contributed by atoms with E-state index in [1.165, 1.54) is 0 Å². The van der Waals surface area contributed by atoms with Crippen molar-refractivity contribution < 1.29 is 17.2 Å². The van der Waals surface area contributed by atoms with Crippen LogP contribution in [0.1, 0.15) is 0 Å². The first-order valence-corrected chi connectivity index (χ1v) is 7.95. The molecule has 0 nitrogen and oxygen atoms in total. The fourth-order valence-corrected chi connectivity index (χ4v) is 0. The number of halogens is 2. The summed E-state index contributed by atoms with van der Waals surface area (Å²) >= 11 is 2.16. The maximum atomic E-state index is 6.24.